The van der Waals surface area contributed by atoms with Crippen molar-refractivity contribution in [1.29, 1.82) is 0 Å². The summed E-state index contributed by atoms with van der Waals surface area (Å²) in [6.45, 7) is 6.42. The normalized spacial score (nSPS) is 14.9. The Bertz CT molecular complexity index is 1280. The number of hydrogen-bond donors (Lipinski definition) is 3. The third-order valence-corrected chi connectivity index (χ3v) is 5.99. The van der Waals surface area contributed by atoms with Crippen LogP contribution in [0.15, 0.2) is 36.4 Å². The predicted octanol–water partition coefficient (Wildman–Crippen LogP) is 6.25. The number of anilines is 3. The molecule has 13 heteroatoms. The first-order valence-corrected chi connectivity index (χ1v) is 12.3. The van der Waals surface area contributed by atoms with Crippen molar-refractivity contribution in [3.63, 3.8) is 0 Å². The fourth-order valence-electron chi connectivity index (χ4n) is 4.03. The zero-order valence-electron chi connectivity index (χ0n) is 21.0. The van der Waals surface area contributed by atoms with Gasteiger partial charge in [0, 0.05) is 37.2 Å². The molecule has 2 heterocycles. The number of likely N-dealkylation sites (tertiary alicyclic amines) is 1. The van der Waals surface area contributed by atoms with Gasteiger partial charge in [-0.2, -0.15) is 18.2 Å². The van der Waals surface area contributed by atoms with Gasteiger partial charge in [-0.15, -0.1) is 5.10 Å². The summed E-state index contributed by atoms with van der Waals surface area (Å²) in [5.74, 6) is 0.537. The quantitative estimate of drug-likeness (QED) is 0.342. The number of alkyl halides is 3. The van der Waals surface area contributed by atoms with Gasteiger partial charge in [0.15, 0.2) is 0 Å². The summed E-state index contributed by atoms with van der Waals surface area (Å²) in [6.07, 6.45) is -3.95. The molecule has 0 saturated carbocycles. The second-order valence-electron chi connectivity index (χ2n) is 9.86. The molecule has 1 aliphatic rings. The molecule has 4 rings (SSSR count). The van der Waals surface area contributed by atoms with Crippen LogP contribution < -0.4 is 15.8 Å². The average molecular weight is 553 g/mol. The molecule has 9 nitrogen and oxygen atoms in total. The molecule has 0 spiro atoms. The topological polar surface area (TPSA) is 118 Å². The van der Waals surface area contributed by atoms with Gasteiger partial charge in [0.05, 0.1) is 10.6 Å². The lowest BCUT2D eigenvalue weighted by atomic mass is 9.98. The first-order chi connectivity index (χ1) is 17.8. The number of carbonyl (C=O) groups is 1. The van der Waals surface area contributed by atoms with Crippen LogP contribution in [-0.2, 0) is 10.9 Å². The van der Waals surface area contributed by atoms with Crippen LogP contribution in [0.4, 0.5) is 35.5 Å². The van der Waals surface area contributed by atoms with Crippen molar-refractivity contribution >= 4 is 35.3 Å². The van der Waals surface area contributed by atoms with E-state index < -0.39 is 17.3 Å². The molecular formula is C25H28ClF3N6O3. The SMILES string of the molecule is CC(C)(C)OC(=O)N1CCC(Oc2ccc(-c3c(Cl)cc(Nc4n[nH]c(N)n4)cc3C(F)(F)F)cc2)CC1. The summed E-state index contributed by atoms with van der Waals surface area (Å²) in [4.78, 5) is 17.7. The maximum Gasteiger partial charge on any atom is 0.417 e. The van der Waals surface area contributed by atoms with Crippen molar-refractivity contribution < 1.29 is 27.4 Å². The number of rotatable bonds is 5. The van der Waals surface area contributed by atoms with Crippen LogP contribution in [0.1, 0.15) is 39.2 Å². The number of nitrogens with two attached hydrogens (primary N) is 1. The first kappa shape index (κ1) is 27.4. The van der Waals surface area contributed by atoms with Crippen LogP contribution in [0.25, 0.3) is 11.1 Å². The number of nitrogens with zero attached hydrogens (tertiary/aromatic N) is 3. The molecule has 0 aliphatic carbocycles. The molecule has 0 atom stereocenters. The van der Waals surface area contributed by atoms with E-state index in [9.17, 15) is 18.0 Å². The Morgan fingerprint density at radius 2 is 1.82 bits per heavy atom. The van der Waals surface area contributed by atoms with Crippen LogP contribution in [-0.4, -0.2) is 51.0 Å². The molecule has 1 fully saturated rings. The zero-order chi connectivity index (χ0) is 27.7. The third kappa shape index (κ3) is 6.80. The maximum absolute atomic E-state index is 14.0. The van der Waals surface area contributed by atoms with Gasteiger partial charge in [-0.05, 0) is 50.6 Å². The predicted molar refractivity (Wildman–Crippen MR) is 137 cm³/mol. The van der Waals surface area contributed by atoms with Gasteiger partial charge in [-0.25, -0.2) is 9.89 Å². The fourth-order valence-corrected chi connectivity index (χ4v) is 4.36. The van der Waals surface area contributed by atoms with Gasteiger partial charge in [0.2, 0.25) is 11.9 Å². The highest BCUT2D eigenvalue weighted by molar-refractivity contribution is 6.34. The molecule has 1 aliphatic heterocycles. The van der Waals surface area contributed by atoms with Crippen molar-refractivity contribution in [2.24, 2.45) is 0 Å². The van der Waals surface area contributed by atoms with Gasteiger partial charge in [-0.3, -0.25) is 0 Å². The smallest absolute Gasteiger partial charge is 0.417 e. The molecule has 0 bridgehead atoms. The Labute approximate surface area is 222 Å². The number of halogens is 4. The van der Waals surface area contributed by atoms with Crippen molar-refractivity contribution in [2.75, 3.05) is 24.1 Å². The first-order valence-electron chi connectivity index (χ1n) is 11.9. The molecule has 3 aromatic rings. The summed E-state index contributed by atoms with van der Waals surface area (Å²) < 4.78 is 53.4. The number of H-pyrrole nitrogens is 1. The Balaban J connectivity index is 1.46. The second-order valence-corrected chi connectivity index (χ2v) is 10.3. The van der Waals surface area contributed by atoms with Gasteiger partial charge in [0.25, 0.3) is 0 Å². The Hall–Kier alpha value is -3.67. The minimum atomic E-state index is -4.67. The lowest BCUT2D eigenvalue weighted by molar-refractivity contribution is -0.137. The number of amides is 1. The van der Waals surface area contributed by atoms with Crippen LogP contribution in [0.5, 0.6) is 5.75 Å². The number of aromatic amines is 1. The number of aromatic nitrogens is 3. The van der Waals surface area contributed by atoms with Gasteiger partial charge in [-0.1, -0.05) is 23.7 Å². The molecule has 1 amide bonds. The lowest BCUT2D eigenvalue weighted by Gasteiger charge is -2.33. The average Bonchev–Trinajstić information content (AvgIpc) is 3.22. The van der Waals surface area contributed by atoms with Crippen molar-refractivity contribution in [3.05, 3.63) is 47.0 Å². The number of benzene rings is 2. The molecule has 1 saturated heterocycles. The van der Waals surface area contributed by atoms with Crippen LogP contribution in [0.3, 0.4) is 0 Å². The third-order valence-electron chi connectivity index (χ3n) is 5.69. The highest BCUT2D eigenvalue weighted by atomic mass is 35.5. The summed E-state index contributed by atoms with van der Waals surface area (Å²) in [5, 5.41) is 8.72. The summed E-state index contributed by atoms with van der Waals surface area (Å²) in [7, 11) is 0. The largest absolute Gasteiger partial charge is 0.490 e. The number of piperidine rings is 1. The van der Waals surface area contributed by atoms with Gasteiger partial charge >= 0.3 is 12.3 Å². The molecule has 38 heavy (non-hydrogen) atoms. The van der Waals surface area contributed by atoms with E-state index in [1.165, 1.54) is 18.2 Å². The number of ether oxygens (including phenoxy) is 2. The van der Waals surface area contributed by atoms with Crippen molar-refractivity contribution in [2.45, 2.75) is 51.5 Å². The van der Waals surface area contributed by atoms with Crippen molar-refractivity contribution in [1.82, 2.24) is 20.1 Å². The zero-order valence-corrected chi connectivity index (χ0v) is 21.8. The minimum Gasteiger partial charge on any atom is -0.490 e. The van der Waals surface area contributed by atoms with Crippen molar-refractivity contribution in [3.8, 4) is 16.9 Å². The van der Waals surface area contributed by atoms with E-state index in [2.05, 4.69) is 20.5 Å². The Morgan fingerprint density at radius 1 is 1.16 bits per heavy atom. The Morgan fingerprint density at radius 3 is 2.37 bits per heavy atom. The van der Waals surface area contributed by atoms with Gasteiger partial charge in [0.1, 0.15) is 17.5 Å². The molecule has 0 radical (unpaired) electrons. The van der Waals surface area contributed by atoms with Crippen LogP contribution in [0, 0.1) is 0 Å². The standard InChI is InChI=1S/C25H28ClF3N6O3/c1-24(2,3)38-23(36)35-10-8-17(9-11-35)37-16-6-4-14(5-7-16)20-18(25(27,28)29)12-15(13-19(20)26)31-22-32-21(30)33-34-22/h4-7,12-13,17H,8-11H2,1-3H3,(H4,30,31,32,33,34). The number of nitrogens with one attached hydrogen (secondary N) is 2. The van der Waals surface area contributed by atoms with Crippen LogP contribution >= 0.6 is 11.6 Å². The number of hydrogen-bond acceptors (Lipinski definition) is 7. The fraction of sp³-hybridized carbons (Fsp3) is 0.400. The van der Waals surface area contributed by atoms with E-state index in [0.29, 0.717) is 31.7 Å². The Kier molecular flexibility index (Phi) is 7.63. The molecule has 1 aromatic heterocycles. The highest BCUT2D eigenvalue weighted by Gasteiger charge is 2.35. The van der Waals surface area contributed by atoms with E-state index in [4.69, 9.17) is 26.8 Å². The van der Waals surface area contributed by atoms with E-state index in [-0.39, 0.29) is 45.9 Å². The number of carbonyl (C=O) groups excluding carboxylic acids is 1. The molecular weight excluding hydrogens is 525 g/mol. The molecule has 4 N–H and O–H groups in total. The molecule has 2 aromatic carbocycles. The minimum absolute atomic E-state index is 0.0119. The summed E-state index contributed by atoms with van der Waals surface area (Å²) in [5.41, 5.74) is 4.16. The molecule has 0 unspecified atom stereocenters. The lowest BCUT2D eigenvalue weighted by Crippen LogP contribution is -2.44. The van der Waals surface area contributed by atoms with E-state index in [1.54, 1.807) is 17.0 Å². The van der Waals surface area contributed by atoms with Crippen LogP contribution in [0.2, 0.25) is 5.02 Å². The second kappa shape index (κ2) is 10.6. The highest BCUT2D eigenvalue weighted by Crippen LogP contribution is 2.43. The van der Waals surface area contributed by atoms with E-state index in [1.807, 2.05) is 20.8 Å². The maximum atomic E-state index is 14.0. The van der Waals surface area contributed by atoms with E-state index in [0.717, 1.165) is 6.07 Å². The van der Waals surface area contributed by atoms with Gasteiger partial charge < -0.3 is 25.4 Å². The molecule has 204 valence electrons. The summed E-state index contributed by atoms with van der Waals surface area (Å²) in [6, 6.07) is 8.58. The van der Waals surface area contributed by atoms with E-state index >= 15 is 0 Å². The monoisotopic (exact) mass is 552 g/mol. The summed E-state index contributed by atoms with van der Waals surface area (Å²) >= 11 is 6.33. The number of nitrogen functional groups attached to an aromatic ring is 1.